The maximum atomic E-state index is 12.0. The van der Waals surface area contributed by atoms with Crippen LogP contribution in [-0.2, 0) is 4.79 Å². The molecule has 0 spiro atoms. The number of hydrogen-bond donors (Lipinski definition) is 2. The van der Waals surface area contributed by atoms with E-state index >= 15 is 0 Å². The Kier molecular flexibility index (Phi) is 5.41. The van der Waals surface area contributed by atoms with Gasteiger partial charge in [0, 0.05) is 10.0 Å². The fourth-order valence-corrected chi connectivity index (χ4v) is 2.09. The van der Waals surface area contributed by atoms with Crippen LogP contribution in [0.4, 0.5) is 0 Å². The van der Waals surface area contributed by atoms with Crippen LogP contribution in [0.3, 0.4) is 0 Å². The Morgan fingerprint density at radius 3 is 2.20 bits per heavy atom. The van der Waals surface area contributed by atoms with Crippen LogP contribution in [0.15, 0.2) is 18.2 Å². The van der Waals surface area contributed by atoms with E-state index in [-0.39, 0.29) is 5.56 Å². The summed E-state index contributed by atoms with van der Waals surface area (Å²) < 4.78 is 0. The first-order valence-electron chi connectivity index (χ1n) is 5.99. The summed E-state index contributed by atoms with van der Waals surface area (Å²) in [6.45, 7) is 5.47. The molecule has 1 aromatic carbocycles. The van der Waals surface area contributed by atoms with E-state index in [2.05, 4.69) is 5.32 Å². The molecule has 0 aliphatic rings. The van der Waals surface area contributed by atoms with E-state index in [1.165, 1.54) is 18.2 Å². The van der Waals surface area contributed by atoms with Crippen LogP contribution in [0.2, 0.25) is 10.0 Å². The molecule has 0 aliphatic heterocycles. The minimum atomic E-state index is -1.43. The first kappa shape index (κ1) is 16.8. The van der Waals surface area contributed by atoms with Crippen LogP contribution in [-0.4, -0.2) is 17.1 Å². The molecule has 2 N–H and O–H groups in total. The number of rotatable bonds is 3. The topological polar surface area (TPSA) is 73.1 Å². The van der Waals surface area contributed by atoms with E-state index in [0.717, 1.165) is 0 Å². The summed E-state index contributed by atoms with van der Waals surface area (Å²) in [5, 5.41) is 22.2. The SMILES string of the molecule is CC(C)(C)C(C#N)NC(=O)C(O)c1cc(Cl)cc(Cl)c1. The highest BCUT2D eigenvalue weighted by atomic mass is 35.5. The third-order valence-electron chi connectivity index (χ3n) is 2.73. The molecule has 0 bridgehead atoms. The third kappa shape index (κ3) is 4.38. The van der Waals surface area contributed by atoms with Crippen molar-refractivity contribution in [3.63, 3.8) is 0 Å². The summed E-state index contributed by atoms with van der Waals surface area (Å²) in [5.74, 6) is -0.662. The number of aliphatic hydroxyl groups excluding tert-OH is 1. The molecule has 2 atom stereocenters. The molecule has 6 heteroatoms. The number of amides is 1. The van der Waals surface area contributed by atoms with E-state index in [0.29, 0.717) is 10.0 Å². The van der Waals surface area contributed by atoms with Crippen molar-refractivity contribution < 1.29 is 9.90 Å². The maximum Gasteiger partial charge on any atom is 0.254 e. The molecule has 0 fully saturated rings. The van der Waals surface area contributed by atoms with Crippen LogP contribution < -0.4 is 5.32 Å². The maximum absolute atomic E-state index is 12.0. The largest absolute Gasteiger partial charge is 0.378 e. The molecule has 2 unspecified atom stereocenters. The smallest absolute Gasteiger partial charge is 0.254 e. The van der Waals surface area contributed by atoms with Gasteiger partial charge in [-0.25, -0.2) is 0 Å². The zero-order valence-corrected chi connectivity index (χ0v) is 13.0. The van der Waals surface area contributed by atoms with Crippen molar-refractivity contribution in [1.82, 2.24) is 5.32 Å². The van der Waals surface area contributed by atoms with E-state index in [1.54, 1.807) is 0 Å². The Hall–Kier alpha value is -1.28. The normalized spacial score (nSPS) is 14.2. The van der Waals surface area contributed by atoms with Crippen LogP contribution in [0.1, 0.15) is 32.4 Å². The van der Waals surface area contributed by atoms with Gasteiger partial charge in [-0.15, -0.1) is 0 Å². The Morgan fingerprint density at radius 2 is 1.80 bits per heavy atom. The number of nitrogens with one attached hydrogen (secondary N) is 1. The Labute approximate surface area is 128 Å². The summed E-state index contributed by atoms with van der Waals surface area (Å²) in [4.78, 5) is 12.0. The highest BCUT2D eigenvalue weighted by Gasteiger charge is 2.29. The van der Waals surface area contributed by atoms with Crippen LogP contribution in [0.5, 0.6) is 0 Å². The molecule has 0 saturated heterocycles. The number of nitriles is 1. The zero-order chi connectivity index (χ0) is 15.5. The molecule has 1 aromatic rings. The van der Waals surface area contributed by atoms with Gasteiger partial charge in [0.05, 0.1) is 6.07 Å². The molecule has 1 amide bonds. The van der Waals surface area contributed by atoms with Gasteiger partial charge in [-0.3, -0.25) is 4.79 Å². The van der Waals surface area contributed by atoms with Gasteiger partial charge in [-0.1, -0.05) is 44.0 Å². The van der Waals surface area contributed by atoms with E-state index in [9.17, 15) is 9.90 Å². The van der Waals surface area contributed by atoms with Gasteiger partial charge in [0.2, 0.25) is 0 Å². The summed E-state index contributed by atoms with van der Waals surface area (Å²) in [7, 11) is 0. The zero-order valence-electron chi connectivity index (χ0n) is 11.4. The van der Waals surface area contributed by atoms with Gasteiger partial charge in [-0.2, -0.15) is 5.26 Å². The van der Waals surface area contributed by atoms with Crippen LogP contribution in [0, 0.1) is 16.7 Å². The van der Waals surface area contributed by atoms with Crippen molar-refractivity contribution >= 4 is 29.1 Å². The highest BCUT2D eigenvalue weighted by molar-refractivity contribution is 6.34. The van der Waals surface area contributed by atoms with Gasteiger partial charge >= 0.3 is 0 Å². The van der Waals surface area contributed by atoms with Gasteiger partial charge in [0.25, 0.3) is 5.91 Å². The number of halogens is 2. The summed E-state index contributed by atoms with van der Waals surface area (Å²) >= 11 is 11.6. The lowest BCUT2D eigenvalue weighted by atomic mass is 9.87. The number of nitrogens with zero attached hydrogens (tertiary/aromatic N) is 1. The molecule has 0 aromatic heterocycles. The van der Waals surface area contributed by atoms with Crippen molar-refractivity contribution in [3.05, 3.63) is 33.8 Å². The van der Waals surface area contributed by atoms with Crippen molar-refractivity contribution in [3.8, 4) is 6.07 Å². The molecular weight excluding hydrogens is 299 g/mol. The monoisotopic (exact) mass is 314 g/mol. The Bertz CT molecular complexity index is 527. The second-order valence-electron chi connectivity index (χ2n) is 5.54. The molecule has 20 heavy (non-hydrogen) atoms. The van der Waals surface area contributed by atoms with Crippen molar-refractivity contribution in [1.29, 1.82) is 5.26 Å². The fourth-order valence-electron chi connectivity index (χ4n) is 1.55. The molecule has 0 saturated carbocycles. The third-order valence-corrected chi connectivity index (χ3v) is 3.17. The lowest BCUT2D eigenvalue weighted by Gasteiger charge is -2.26. The molecule has 0 radical (unpaired) electrons. The fraction of sp³-hybridized carbons (Fsp3) is 0.429. The van der Waals surface area contributed by atoms with E-state index < -0.39 is 23.5 Å². The first-order valence-corrected chi connectivity index (χ1v) is 6.75. The quantitative estimate of drug-likeness (QED) is 0.900. The number of carbonyl (C=O) groups is 1. The lowest BCUT2D eigenvalue weighted by molar-refractivity contribution is -0.130. The first-order chi connectivity index (χ1) is 9.15. The molecule has 1 rings (SSSR count). The summed E-state index contributed by atoms with van der Waals surface area (Å²) in [6, 6.07) is 5.71. The minimum absolute atomic E-state index is 0.283. The van der Waals surface area contributed by atoms with Crippen LogP contribution in [0.25, 0.3) is 0 Å². The Balaban J connectivity index is 2.90. The van der Waals surface area contributed by atoms with Crippen molar-refractivity contribution in [2.24, 2.45) is 5.41 Å². The van der Waals surface area contributed by atoms with E-state index in [4.69, 9.17) is 28.5 Å². The predicted molar refractivity (Wildman–Crippen MR) is 78.4 cm³/mol. The molecular formula is C14H16Cl2N2O2. The van der Waals surface area contributed by atoms with Gasteiger partial charge in [0.1, 0.15) is 6.04 Å². The Morgan fingerprint density at radius 1 is 1.30 bits per heavy atom. The van der Waals surface area contributed by atoms with E-state index in [1.807, 2.05) is 26.8 Å². The lowest BCUT2D eigenvalue weighted by Crippen LogP contribution is -2.44. The summed E-state index contributed by atoms with van der Waals surface area (Å²) in [5.41, 5.74) is -0.151. The molecule has 4 nitrogen and oxygen atoms in total. The summed E-state index contributed by atoms with van der Waals surface area (Å²) in [6.07, 6.45) is -1.43. The standard InChI is InChI=1S/C14H16Cl2N2O2/c1-14(2,3)11(7-17)18-13(20)12(19)8-4-9(15)6-10(16)5-8/h4-6,11-12,19H,1-3H3,(H,18,20). The molecule has 108 valence electrons. The second-order valence-corrected chi connectivity index (χ2v) is 6.41. The molecule has 0 heterocycles. The number of hydrogen-bond acceptors (Lipinski definition) is 3. The van der Waals surface area contributed by atoms with Crippen LogP contribution >= 0.6 is 23.2 Å². The minimum Gasteiger partial charge on any atom is -0.378 e. The number of carbonyl (C=O) groups excluding carboxylic acids is 1. The number of benzene rings is 1. The van der Waals surface area contributed by atoms with Gasteiger partial charge < -0.3 is 10.4 Å². The van der Waals surface area contributed by atoms with Gasteiger partial charge in [0.15, 0.2) is 6.10 Å². The number of aliphatic hydroxyl groups is 1. The van der Waals surface area contributed by atoms with Crippen molar-refractivity contribution in [2.75, 3.05) is 0 Å². The second kappa shape index (κ2) is 6.45. The average molecular weight is 315 g/mol. The van der Waals surface area contributed by atoms with Crippen molar-refractivity contribution in [2.45, 2.75) is 32.9 Å². The highest BCUT2D eigenvalue weighted by Crippen LogP contribution is 2.25. The van der Waals surface area contributed by atoms with Gasteiger partial charge in [-0.05, 0) is 29.2 Å². The average Bonchev–Trinajstić information content (AvgIpc) is 2.31. The predicted octanol–water partition coefficient (Wildman–Crippen LogP) is 3.08. The molecule has 0 aliphatic carbocycles.